The first-order chi connectivity index (χ1) is 5.30. The summed E-state index contributed by atoms with van der Waals surface area (Å²) in [6.07, 6.45) is 1.18. The molecule has 2 nitrogen and oxygen atoms in total. The molecule has 1 aliphatic heterocycles. The molecule has 0 aromatic rings. The Morgan fingerprint density at radius 2 is 1.83 bits per heavy atom. The standard InChI is InChI=1S/C10H21NO/c1-8-6-7-11(5)10(4,12)9(8,2)3/h8,12H,6-7H2,1-5H3. The van der Waals surface area contributed by atoms with E-state index in [1.165, 1.54) is 6.42 Å². The van der Waals surface area contributed by atoms with Crippen LogP contribution in [0.25, 0.3) is 0 Å². The van der Waals surface area contributed by atoms with Crippen LogP contribution in [0, 0.1) is 11.3 Å². The zero-order chi connectivity index (χ0) is 9.57. The highest BCUT2D eigenvalue weighted by Gasteiger charge is 2.48. The number of rotatable bonds is 0. The van der Waals surface area contributed by atoms with Gasteiger partial charge in [0.25, 0.3) is 0 Å². The Hall–Kier alpha value is -0.0800. The molecule has 0 aromatic heterocycles. The van der Waals surface area contributed by atoms with Crippen molar-refractivity contribution >= 4 is 0 Å². The van der Waals surface area contributed by atoms with Crippen molar-refractivity contribution in [3.63, 3.8) is 0 Å². The number of hydrogen-bond donors (Lipinski definition) is 1. The van der Waals surface area contributed by atoms with Crippen LogP contribution in [-0.4, -0.2) is 29.3 Å². The molecule has 0 aliphatic carbocycles. The lowest BCUT2D eigenvalue weighted by Gasteiger charge is -2.53. The van der Waals surface area contributed by atoms with E-state index in [9.17, 15) is 5.11 Å². The smallest absolute Gasteiger partial charge is 0.120 e. The van der Waals surface area contributed by atoms with Gasteiger partial charge in [0.1, 0.15) is 5.72 Å². The van der Waals surface area contributed by atoms with Crippen molar-refractivity contribution in [1.82, 2.24) is 4.90 Å². The van der Waals surface area contributed by atoms with Crippen molar-refractivity contribution in [2.45, 2.75) is 39.8 Å². The van der Waals surface area contributed by atoms with Gasteiger partial charge in [-0.05, 0) is 26.3 Å². The summed E-state index contributed by atoms with van der Waals surface area (Å²) < 4.78 is 0. The van der Waals surface area contributed by atoms with Crippen molar-refractivity contribution < 1.29 is 5.11 Å². The van der Waals surface area contributed by atoms with Crippen LogP contribution in [0.2, 0.25) is 0 Å². The molecule has 12 heavy (non-hydrogen) atoms. The van der Waals surface area contributed by atoms with Crippen LogP contribution in [0.4, 0.5) is 0 Å². The number of aliphatic hydroxyl groups is 1. The molecule has 1 saturated heterocycles. The maximum absolute atomic E-state index is 10.3. The molecule has 1 heterocycles. The number of hydrogen-bond acceptors (Lipinski definition) is 2. The third-order valence-corrected chi connectivity index (χ3v) is 4.09. The Labute approximate surface area is 75.6 Å². The fraction of sp³-hybridized carbons (Fsp3) is 1.00. The van der Waals surface area contributed by atoms with Crippen molar-refractivity contribution in [1.29, 1.82) is 0 Å². The van der Waals surface area contributed by atoms with Gasteiger partial charge in [0, 0.05) is 12.0 Å². The molecule has 0 amide bonds. The van der Waals surface area contributed by atoms with Crippen LogP contribution in [0.1, 0.15) is 34.1 Å². The number of nitrogens with zero attached hydrogens (tertiary/aromatic N) is 1. The lowest BCUT2D eigenvalue weighted by molar-refractivity contribution is -0.203. The largest absolute Gasteiger partial charge is 0.375 e. The molecule has 0 spiro atoms. The van der Waals surface area contributed by atoms with E-state index in [0.29, 0.717) is 5.92 Å². The molecule has 0 bridgehead atoms. The van der Waals surface area contributed by atoms with Crippen molar-refractivity contribution in [3.05, 3.63) is 0 Å². The second-order valence-electron chi connectivity index (χ2n) is 4.85. The van der Waals surface area contributed by atoms with Crippen LogP contribution in [-0.2, 0) is 0 Å². The average Bonchev–Trinajstić information content (AvgIpc) is 1.96. The summed E-state index contributed by atoms with van der Waals surface area (Å²) in [5, 5.41) is 10.3. The van der Waals surface area contributed by atoms with Gasteiger partial charge in [-0.1, -0.05) is 20.8 Å². The van der Waals surface area contributed by atoms with Gasteiger partial charge in [-0.25, -0.2) is 0 Å². The third-order valence-electron chi connectivity index (χ3n) is 4.09. The normalized spacial score (nSPS) is 43.0. The molecule has 1 N–H and O–H groups in total. The van der Waals surface area contributed by atoms with Crippen LogP contribution in [0.15, 0.2) is 0 Å². The lowest BCUT2D eigenvalue weighted by atomic mass is 9.67. The third kappa shape index (κ3) is 1.17. The summed E-state index contributed by atoms with van der Waals surface area (Å²) in [4.78, 5) is 2.05. The number of likely N-dealkylation sites (tertiary alicyclic amines) is 1. The molecule has 0 aromatic carbocycles. The molecular weight excluding hydrogens is 150 g/mol. The highest BCUT2D eigenvalue weighted by atomic mass is 16.3. The molecule has 2 heteroatoms. The second-order valence-corrected chi connectivity index (χ2v) is 4.85. The Kier molecular flexibility index (Phi) is 2.26. The topological polar surface area (TPSA) is 23.5 Å². The Bertz CT molecular complexity index is 155. The summed E-state index contributed by atoms with van der Waals surface area (Å²) in [5.74, 6) is 0.587. The van der Waals surface area contributed by atoms with Gasteiger partial charge in [0.05, 0.1) is 0 Å². The molecule has 2 atom stereocenters. The summed E-state index contributed by atoms with van der Waals surface area (Å²) in [7, 11) is 1.99. The van der Waals surface area contributed by atoms with Crippen LogP contribution < -0.4 is 0 Å². The van der Waals surface area contributed by atoms with E-state index in [2.05, 4.69) is 20.8 Å². The fourth-order valence-electron chi connectivity index (χ4n) is 1.92. The molecule has 0 saturated carbocycles. The van der Waals surface area contributed by atoms with Gasteiger partial charge < -0.3 is 5.11 Å². The SMILES string of the molecule is CC1CCN(C)C(C)(O)C1(C)C. The van der Waals surface area contributed by atoms with Gasteiger partial charge in [-0.3, -0.25) is 4.90 Å². The Morgan fingerprint density at radius 3 is 2.25 bits per heavy atom. The Balaban J connectivity index is 2.92. The average molecular weight is 171 g/mol. The maximum atomic E-state index is 10.3. The Morgan fingerprint density at radius 1 is 1.33 bits per heavy atom. The molecule has 1 aliphatic rings. The van der Waals surface area contributed by atoms with Crippen LogP contribution in [0.3, 0.4) is 0 Å². The fourth-order valence-corrected chi connectivity index (χ4v) is 1.92. The summed E-state index contributed by atoms with van der Waals surface area (Å²) in [5.41, 5.74) is -0.676. The highest BCUT2D eigenvalue weighted by Crippen LogP contribution is 2.44. The quantitative estimate of drug-likeness (QED) is 0.599. The molecular formula is C10H21NO. The van der Waals surface area contributed by atoms with E-state index in [0.717, 1.165) is 6.54 Å². The summed E-state index contributed by atoms with van der Waals surface area (Å²) >= 11 is 0. The predicted molar refractivity (Wildman–Crippen MR) is 50.8 cm³/mol. The van der Waals surface area contributed by atoms with Gasteiger partial charge in [0.2, 0.25) is 0 Å². The maximum Gasteiger partial charge on any atom is 0.120 e. The van der Waals surface area contributed by atoms with E-state index >= 15 is 0 Å². The summed E-state index contributed by atoms with van der Waals surface area (Å²) in [6.45, 7) is 9.43. The van der Waals surface area contributed by atoms with E-state index in [1.54, 1.807) is 0 Å². The lowest BCUT2D eigenvalue weighted by Crippen LogP contribution is -2.60. The van der Waals surface area contributed by atoms with Crippen molar-refractivity contribution in [3.8, 4) is 0 Å². The first kappa shape index (κ1) is 10.0. The minimum absolute atomic E-state index is 0.0139. The second kappa shape index (κ2) is 2.71. The molecule has 2 unspecified atom stereocenters. The molecule has 72 valence electrons. The van der Waals surface area contributed by atoms with Crippen LogP contribution in [0.5, 0.6) is 0 Å². The predicted octanol–water partition coefficient (Wildman–Crippen LogP) is 1.69. The van der Waals surface area contributed by atoms with Gasteiger partial charge in [-0.15, -0.1) is 0 Å². The van der Waals surface area contributed by atoms with Gasteiger partial charge in [0.15, 0.2) is 0 Å². The minimum Gasteiger partial charge on any atom is -0.375 e. The van der Waals surface area contributed by atoms with E-state index < -0.39 is 5.72 Å². The summed E-state index contributed by atoms with van der Waals surface area (Å²) in [6, 6.07) is 0. The molecule has 0 radical (unpaired) electrons. The van der Waals surface area contributed by atoms with Crippen LogP contribution >= 0.6 is 0 Å². The molecule has 1 rings (SSSR count). The van der Waals surface area contributed by atoms with E-state index in [4.69, 9.17) is 0 Å². The molecule has 1 fully saturated rings. The van der Waals surface area contributed by atoms with Crippen molar-refractivity contribution in [2.75, 3.05) is 13.6 Å². The monoisotopic (exact) mass is 171 g/mol. The van der Waals surface area contributed by atoms with E-state index in [1.807, 2.05) is 18.9 Å². The van der Waals surface area contributed by atoms with E-state index in [-0.39, 0.29) is 5.41 Å². The zero-order valence-corrected chi connectivity index (χ0v) is 8.89. The minimum atomic E-state index is -0.662. The zero-order valence-electron chi connectivity index (χ0n) is 8.89. The first-order valence-corrected chi connectivity index (χ1v) is 4.73. The van der Waals surface area contributed by atoms with Gasteiger partial charge >= 0.3 is 0 Å². The van der Waals surface area contributed by atoms with Gasteiger partial charge in [-0.2, -0.15) is 0 Å². The highest BCUT2D eigenvalue weighted by molar-refractivity contribution is 4.95. The number of piperidine rings is 1. The first-order valence-electron chi connectivity index (χ1n) is 4.73. The van der Waals surface area contributed by atoms with Crippen molar-refractivity contribution in [2.24, 2.45) is 11.3 Å².